The third-order valence-corrected chi connectivity index (χ3v) is 1.40. The van der Waals surface area contributed by atoms with Crippen molar-refractivity contribution in [2.75, 3.05) is 0 Å². The molecule has 0 atom stereocenters. The van der Waals surface area contributed by atoms with Crippen LogP contribution in [0.3, 0.4) is 0 Å². The minimum Gasteiger partial charge on any atom is -0.402 e. The summed E-state index contributed by atoms with van der Waals surface area (Å²) in [7, 11) is 0. The van der Waals surface area contributed by atoms with E-state index in [1.807, 2.05) is 0 Å². The van der Waals surface area contributed by atoms with Crippen molar-refractivity contribution < 1.29 is 8.78 Å². The highest BCUT2D eigenvalue weighted by molar-refractivity contribution is 5.27. The fraction of sp³-hybridized carbons (Fsp3) is 0.333. The maximum absolute atomic E-state index is 12.2. The molecule has 0 fully saturated rings. The summed E-state index contributed by atoms with van der Waals surface area (Å²) >= 11 is 0. The van der Waals surface area contributed by atoms with Crippen LogP contribution >= 0.6 is 0 Å². The summed E-state index contributed by atoms with van der Waals surface area (Å²) in [6, 6.07) is 0. The van der Waals surface area contributed by atoms with E-state index in [4.69, 9.17) is 5.73 Å². The minimum atomic E-state index is -2.51. The lowest BCUT2D eigenvalue weighted by atomic mass is 10.1. The molecule has 0 aromatic rings. The van der Waals surface area contributed by atoms with Crippen LogP contribution in [0.5, 0.6) is 0 Å². The number of hydrogen-bond acceptors (Lipinski definition) is 1. The van der Waals surface area contributed by atoms with Crippen molar-refractivity contribution >= 4 is 0 Å². The molecule has 3 heteroatoms. The lowest BCUT2D eigenvalue weighted by molar-refractivity contribution is 0.192. The predicted molar refractivity (Wildman–Crippen MR) is 46.8 cm³/mol. The van der Waals surface area contributed by atoms with Gasteiger partial charge in [-0.25, -0.2) is 8.78 Å². The van der Waals surface area contributed by atoms with Crippen molar-refractivity contribution in [1.29, 1.82) is 0 Å². The second-order valence-corrected chi connectivity index (χ2v) is 2.23. The van der Waals surface area contributed by atoms with E-state index in [1.165, 1.54) is 18.2 Å². The maximum atomic E-state index is 12.2. The molecule has 0 rings (SSSR count). The van der Waals surface area contributed by atoms with Crippen molar-refractivity contribution in [3.05, 3.63) is 36.1 Å². The highest BCUT2D eigenvalue weighted by atomic mass is 19.3. The molecule has 12 heavy (non-hydrogen) atoms. The summed E-state index contributed by atoms with van der Waals surface area (Å²) in [5.41, 5.74) is 5.48. The number of allylic oxidation sites excluding steroid dienone is 5. The van der Waals surface area contributed by atoms with E-state index in [-0.39, 0.29) is 11.3 Å². The Morgan fingerprint density at radius 3 is 2.50 bits per heavy atom. The first kappa shape index (κ1) is 10.9. The van der Waals surface area contributed by atoms with E-state index >= 15 is 0 Å². The van der Waals surface area contributed by atoms with Crippen LogP contribution in [0.4, 0.5) is 8.78 Å². The van der Waals surface area contributed by atoms with E-state index in [1.54, 1.807) is 6.92 Å². The molecule has 68 valence electrons. The van der Waals surface area contributed by atoms with Crippen LogP contribution in [-0.4, -0.2) is 6.43 Å². The van der Waals surface area contributed by atoms with Crippen molar-refractivity contribution in [1.82, 2.24) is 0 Å². The van der Waals surface area contributed by atoms with Crippen LogP contribution in [0, 0.1) is 0 Å². The van der Waals surface area contributed by atoms with Gasteiger partial charge >= 0.3 is 0 Å². The third-order valence-electron chi connectivity index (χ3n) is 1.40. The molecule has 0 heterocycles. The molecule has 0 unspecified atom stereocenters. The van der Waals surface area contributed by atoms with Gasteiger partial charge < -0.3 is 5.73 Å². The Labute approximate surface area is 71.3 Å². The van der Waals surface area contributed by atoms with E-state index in [0.717, 1.165) is 0 Å². The molecule has 0 spiro atoms. The summed E-state index contributed by atoms with van der Waals surface area (Å²) in [6.07, 6.45) is 2.09. The van der Waals surface area contributed by atoms with Crippen molar-refractivity contribution in [2.45, 2.75) is 19.8 Å². The molecule has 0 aliphatic carbocycles. The van der Waals surface area contributed by atoms with Gasteiger partial charge in [0.25, 0.3) is 6.43 Å². The zero-order chi connectivity index (χ0) is 9.56. The zero-order valence-corrected chi connectivity index (χ0v) is 7.06. The Hall–Kier alpha value is -1.12. The molecule has 0 aromatic heterocycles. The number of hydrogen-bond donors (Lipinski definition) is 1. The fourth-order valence-corrected chi connectivity index (χ4v) is 0.696. The second kappa shape index (κ2) is 5.52. The summed E-state index contributed by atoms with van der Waals surface area (Å²) in [6.45, 7) is 5.12. The normalized spacial score (nSPS) is 13.7. The van der Waals surface area contributed by atoms with Crippen LogP contribution in [0.15, 0.2) is 36.1 Å². The molecular weight excluding hydrogens is 160 g/mol. The van der Waals surface area contributed by atoms with Crippen LogP contribution in [0.1, 0.15) is 13.3 Å². The molecular formula is C9H13F2N. The Morgan fingerprint density at radius 2 is 2.17 bits per heavy atom. The summed E-state index contributed by atoms with van der Waals surface area (Å²) in [5.74, 6) is 0. The number of rotatable bonds is 4. The van der Waals surface area contributed by atoms with Gasteiger partial charge in [0.2, 0.25) is 0 Å². The number of halogens is 2. The smallest absolute Gasteiger partial charge is 0.265 e. The SMILES string of the molecule is C=C/C=C\C(=C(/N)CC)C(F)F. The van der Waals surface area contributed by atoms with Gasteiger partial charge in [-0.2, -0.15) is 0 Å². The zero-order valence-electron chi connectivity index (χ0n) is 7.06. The molecule has 0 radical (unpaired) electrons. The van der Waals surface area contributed by atoms with Gasteiger partial charge in [-0.15, -0.1) is 0 Å². The van der Waals surface area contributed by atoms with E-state index in [0.29, 0.717) is 6.42 Å². The number of nitrogens with two attached hydrogens (primary N) is 1. The Bertz CT molecular complexity index is 205. The van der Waals surface area contributed by atoms with Gasteiger partial charge in [-0.3, -0.25) is 0 Å². The first-order valence-corrected chi connectivity index (χ1v) is 3.69. The largest absolute Gasteiger partial charge is 0.402 e. The van der Waals surface area contributed by atoms with E-state index in [9.17, 15) is 8.78 Å². The average molecular weight is 173 g/mol. The van der Waals surface area contributed by atoms with Crippen LogP contribution in [-0.2, 0) is 0 Å². The van der Waals surface area contributed by atoms with Gasteiger partial charge in [0.1, 0.15) is 0 Å². The predicted octanol–water partition coefficient (Wildman–Crippen LogP) is 2.62. The van der Waals surface area contributed by atoms with Gasteiger partial charge in [-0.05, 0) is 6.42 Å². The Morgan fingerprint density at radius 1 is 1.58 bits per heavy atom. The highest BCUT2D eigenvalue weighted by Gasteiger charge is 2.10. The number of alkyl halides is 2. The van der Waals surface area contributed by atoms with Gasteiger partial charge in [-0.1, -0.05) is 31.7 Å². The minimum absolute atomic E-state index is 0.114. The molecule has 2 N–H and O–H groups in total. The highest BCUT2D eigenvalue weighted by Crippen LogP contribution is 2.14. The fourth-order valence-electron chi connectivity index (χ4n) is 0.696. The first-order valence-electron chi connectivity index (χ1n) is 3.69. The van der Waals surface area contributed by atoms with Crippen LogP contribution < -0.4 is 5.73 Å². The van der Waals surface area contributed by atoms with E-state index in [2.05, 4.69) is 6.58 Å². The Balaban J connectivity index is 4.65. The van der Waals surface area contributed by atoms with Crippen molar-refractivity contribution in [3.63, 3.8) is 0 Å². The van der Waals surface area contributed by atoms with Crippen molar-refractivity contribution in [3.8, 4) is 0 Å². The second-order valence-electron chi connectivity index (χ2n) is 2.23. The lowest BCUT2D eigenvalue weighted by Crippen LogP contribution is -2.06. The molecule has 0 aliphatic heterocycles. The van der Waals surface area contributed by atoms with Crippen molar-refractivity contribution in [2.24, 2.45) is 5.73 Å². The lowest BCUT2D eigenvalue weighted by Gasteiger charge is -2.04. The summed E-state index contributed by atoms with van der Waals surface area (Å²) in [4.78, 5) is 0. The topological polar surface area (TPSA) is 26.0 Å². The third kappa shape index (κ3) is 3.32. The van der Waals surface area contributed by atoms with Gasteiger partial charge in [0.15, 0.2) is 0 Å². The van der Waals surface area contributed by atoms with Gasteiger partial charge in [0.05, 0.1) is 0 Å². The molecule has 0 amide bonds. The maximum Gasteiger partial charge on any atom is 0.265 e. The first-order chi connectivity index (χ1) is 5.63. The molecule has 0 saturated heterocycles. The molecule has 1 nitrogen and oxygen atoms in total. The molecule has 0 aliphatic rings. The van der Waals surface area contributed by atoms with E-state index < -0.39 is 6.43 Å². The Kier molecular flexibility index (Phi) is 5.00. The monoisotopic (exact) mass is 173 g/mol. The van der Waals surface area contributed by atoms with Crippen LogP contribution in [0.25, 0.3) is 0 Å². The summed E-state index contributed by atoms with van der Waals surface area (Å²) in [5, 5.41) is 0. The van der Waals surface area contributed by atoms with Gasteiger partial charge in [0, 0.05) is 11.3 Å². The van der Waals surface area contributed by atoms with Crippen LogP contribution in [0.2, 0.25) is 0 Å². The molecule has 0 bridgehead atoms. The average Bonchev–Trinajstić information content (AvgIpc) is 2.04. The molecule has 0 saturated carbocycles. The quantitative estimate of drug-likeness (QED) is 0.650. The summed E-state index contributed by atoms with van der Waals surface area (Å²) < 4.78 is 24.5. The standard InChI is InChI=1S/C9H13F2N/c1-3-5-6-7(9(10)11)8(12)4-2/h3,5-6,9H,1,4,12H2,2H3/b6-5-,8-7+. The molecule has 0 aromatic carbocycles.